The van der Waals surface area contributed by atoms with Crippen LogP contribution in [-0.2, 0) is 16.0 Å². The van der Waals surface area contributed by atoms with Crippen molar-refractivity contribution in [3.63, 3.8) is 0 Å². The minimum Gasteiger partial charge on any atom is -0.489 e. The summed E-state index contributed by atoms with van der Waals surface area (Å²) >= 11 is 5.73. The van der Waals surface area contributed by atoms with Gasteiger partial charge in [-0.25, -0.2) is 4.79 Å². The van der Waals surface area contributed by atoms with Crippen molar-refractivity contribution >= 4 is 34.6 Å². The Balaban J connectivity index is 2.12. The van der Waals surface area contributed by atoms with Crippen LogP contribution in [0.15, 0.2) is 21.4 Å². The Bertz CT molecular complexity index is 1130. The number of benzene rings is 1. The first-order valence-corrected chi connectivity index (χ1v) is 11.2. The number of carbonyl (C=O) groups is 1. The molecular formula is C24H27ClO6. The highest BCUT2D eigenvalue weighted by atomic mass is 35.5. The van der Waals surface area contributed by atoms with Crippen molar-refractivity contribution in [3.8, 4) is 11.5 Å². The van der Waals surface area contributed by atoms with E-state index in [1.807, 2.05) is 46.8 Å². The molecule has 6 nitrogen and oxygen atoms in total. The summed E-state index contributed by atoms with van der Waals surface area (Å²) in [7, 11) is 0. The maximum Gasteiger partial charge on any atom is 0.336 e. The standard InChI is InChI=1S/C24H27ClO6/c1-6-7-14-10-16(26)29-23-18(14)22-15(8-9-24(4,5)31-22)21-19(23)20(30-17(27)11-25)12(2)13(3)28-21/h8-10,12-13,20H,6-7,11H2,1-5H3/t12-,13-,20-/m1/s1. The lowest BCUT2D eigenvalue weighted by molar-refractivity contribution is -0.152. The molecule has 0 fully saturated rings. The van der Waals surface area contributed by atoms with E-state index in [1.165, 1.54) is 6.07 Å². The molecule has 0 amide bonds. The van der Waals surface area contributed by atoms with Crippen LogP contribution < -0.4 is 15.1 Å². The van der Waals surface area contributed by atoms with Crippen molar-refractivity contribution in [2.24, 2.45) is 5.92 Å². The molecule has 1 aromatic heterocycles. The fourth-order valence-corrected chi connectivity index (χ4v) is 4.36. The quantitative estimate of drug-likeness (QED) is 0.366. The normalized spacial score (nSPS) is 23.5. The van der Waals surface area contributed by atoms with Gasteiger partial charge in [0.05, 0.1) is 16.5 Å². The van der Waals surface area contributed by atoms with E-state index in [0.717, 1.165) is 22.9 Å². The smallest absolute Gasteiger partial charge is 0.336 e. The SMILES string of the molecule is CCCc1cc(=O)oc2c3c(c4c(c12)OC(C)(C)C=C4)O[C@H](C)[C@@H](C)[C@H]3OC(=O)CCl. The third kappa shape index (κ3) is 3.71. The van der Waals surface area contributed by atoms with Crippen molar-refractivity contribution in [1.82, 2.24) is 0 Å². The maximum absolute atomic E-state index is 12.5. The van der Waals surface area contributed by atoms with Crippen molar-refractivity contribution < 1.29 is 23.4 Å². The molecule has 0 aliphatic carbocycles. The zero-order valence-electron chi connectivity index (χ0n) is 18.4. The lowest BCUT2D eigenvalue weighted by atomic mass is 9.84. The largest absolute Gasteiger partial charge is 0.489 e. The van der Waals surface area contributed by atoms with Gasteiger partial charge in [-0.15, -0.1) is 11.6 Å². The number of ether oxygens (including phenoxy) is 3. The molecule has 2 aromatic rings. The fourth-order valence-electron chi connectivity index (χ4n) is 4.30. The molecule has 7 heteroatoms. The second kappa shape index (κ2) is 7.90. The Morgan fingerprint density at radius 3 is 2.68 bits per heavy atom. The van der Waals surface area contributed by atoms with Gasteiger partial charge in [-0.3, -0.25) is 4.79 Å². The Hall–Kier alpha value is -2.47. The van der Waals surface area contributed by atoms with Crippen LogP contribution in [0.4, 0.5) is 0 Å². The van der Waals surface area contributed by atoms with E-state index >= 15 is 0 Å². The van der Waals surface area contributed by atoms with Crippen LogP contribution in [0.2, 0.25) is 0 Å². The molecule has 0 radical (unpaired) electrons. The minimum absolute atomic E-state index is 0.175. The number of aryl methyl sites for hydroxylation is 1. The van der Waals surface area contributed by atoms with Gasteiger partial charge in [0, 0.05) is 12.0 Å². The van der Waals surface area contributed by atoms with Crippen molar-refractivity contribution in [1.29, 1.82) is 0 Å². The van der Waals surface area contributed by atoms with Gasteiger partial charge in [-0.2, -0.15) is 0 Å². The first-order valence-electron chi connectivity index (χ1n) is 10.6. The van der Waals surface area contributed by atoms with Crippen LogP contribution in [0.3, 0.4) is 0 Å². The minimum atomic E-state index is -0.666. The number of halogens is 1. The van der Waals surface area contributed by atoms with Gasteiger partial charge in [0.1, 0.15) is 35.2 Å². The van der Waals surface area contributed by atoms with E-state index in [-0.39, 0.29) is 17.9 Å². The molecule has 2 aliphatic heterocycles. The van der Waals surface area contributed by atoms with Gasteiger partial charge in [-0.1, -0.05) is 20.3 Å². The molecule has 0 saturated carbocycles. The average molecular weight is 447 g/mol. The summed E-state index contributed by atoms with van der Waals surface area (Å²) in [4.78, 5) is 24.7. The third-order valence-corrected chi connectivity index (χ3v) is 6.18. The van der Waals surface area contributed by atoms with Crippen LogP contribution in [0.25, 0.3) is 17.0 Å². The summed E-state index contributed by atoms with van der Waals surface area (Å²) in [6.45, 7) is 9.84. The zero-order chi connectivity index (χ0) is 22.5. The van der Waals surface area contributed by atoms with Crippen LogP contribution in [0.5, 0.6) is 11.5 Å². The van der Waals surface area contributed by atoms with Crippen LogP contribution in [0, 0.1) is 5.92 Å². The number of esters is 1. The summed E-state index contributed by atoms with van der Waals surface area (Å²) in [5, 5.41) is 0.727. The Kier molecular flexibility index (Phi) is 5.54. The number of fused-ring (bicyclic) bond motifs is 6. The summed E-state index contributed by atoms with van der Waals surface area (Å²) in [6.07, 6.45) is 4.56. The fraction of sp³-hybridized carbons (Fsp3) is 0.500. The Labute approximate surface area is 186 Å². The molecule has 0 saturated heterocycles. The van der Waals surface area contributed by atoms with Crippen LogP contribution >= 0.6 is 11.6 Å². The molecule has 0 bridgehead atoms. The van der Waals surface area contributed by atoms with Gasteiger partial charge in [0.2, 0.25) is 0 Å². The molecule has 166 valence electrons. The molecule has 0 unspecified atom stereocenters. The summed E-state index contributed by atoms with van der Waals surface area (Å²) in [5.41, 5.74) is 1.51. The summed E-state index contributed by atoms with van der Waals surface area (Å²) < 4.78 is 24.2. The van der Waals surface area contributed by atoms with Gasteiger partial charge in [-0.05, 0) is 44.9 Å². The lowest BCUT2D eigenvalue weighted by Gasteiger charge is -2.39. The van der Waals surface area contributed by atoms with E-state index in [2.05, 4.69) is 0 Å². The molecule has 4 rings (SSSR count). The lowest BCUT2D eigenvalue weighted by Crippen LogP contribution is -2.36. The molecule has 0 N–H and O–H groups in total. The Morgan fingerprint density at radius 2 is 2.00 bits per heavy atom. The molecule has 2 aliphatic rings. The zero-order valence-corrected chi connectivity index (χ0v) is 19.2. The average Bonchev–Trinajstić information content (AvgIpc) is 2.70. The first kappa shape index (κ1) is 21.8. The summed E-state index contributed by atoms with van der Waals surface area (Å²) in [5.74, 6) is 0.163. The van der Waals surface area contributed by atoms with Gasteiger partial charge in [0.25, 0.3) is 0 Å². The summed E-state index contributed by atoms with van der Waals surface area (Å²) in [6, 6.07) is 1.52. The number of hydrogen-bond acceptors (Lipinski definition) is 6. The van der Waals surface area contributed by atoms with E-state index in [1.54, 1.807) is 0 Å². The molecule has 3 atom stereocenters. The molecule has 3 heterocycles. The highest BCUT2D eigenvalue weighted by molar-refractivity contribution is 6.26. The van der Waals surface area contributed by atoms with Gasteiger partial charge >= 0.3 is 11.6 Å². The van der Waals surface area contributed by atoms with Crippen molar-refractivity contribution in [2.45, 2.75) is 65.3 Å². The maximum atomic E-state index is 12.5. The van der Waals surface area contributed by atoms with Crippen molar-refractivity contribution in [3.05, 3.63) is 39.3 Å². The van der Waals surface area contributed by atoms with E-state index in [0.29, 0.717) is 29.1 Å². The Morgan fingerprint density at radius 1 is 1.26 bits per heavy atom. The number of alkyl halides is 1. The van der Waals surface area contributed by atoms with Gasteiger partial charge in [0.15, 0.2) is 5.58 Å². The topological polar surface area (TPSA) is 75.0 Å². The van der Waals surface area contributed by atoms with Crippen molar-refractivity contribution in [2.75, 3.05) is 5.88 Å². The molecule has 0 spiro atoms. The monoisotopic (exact) mass is 446 g/mol. The van der Waals surface area contributed by atoms with E-state index in [9.17, 15) is 9.59 Å². The molecule has 1 aromatic carbocycles. The highest BCUT2D eigenvalue weighted by Gasteiger charge is 2.42. The van der Waals surface area contributed by atoms with E-state index in [4.69, 9.17) is 30.2 Å². The predicted molar refractivity (Wildman–Crippen MR) is 119 cm³/mol. The second-order valence-corrected chi connectivity index (χ2v) is 9.06. The van der Waals surface area contributed by atoms with Gasteiger partial charge < -0.3 is 18.6 Å². The highest BCUT2D eigenvalue weighted by Crippen LogP contribution is 2.53. The third-order valence-electron chi connectivity index (χ3n) is 5.96. The second-order valence-electron chi connectivity index (χ2n) is 8.80. The number of rotatable bonds is 4. The van der Waals surface area contributed by atoms with Crippen LogP contribution in [-0.4, -0.2) is 23.6 Å². The number of hydrogen-bond donors (Lipinski definition) is 0. The molecular weight excluding hydrogens is 420 g/mol. The molecule has 31 heavy (non-hydrogen) atoms. The number of carbonyl (C=O) groups excluding carboxylic acids is 1. The first-order chi connectivity index (χ1) is 14.7. The van der Waals surface area contributed by atoms with Crippen LogP contribution in [0.1, 0.15) is 63.8 Å². The predicted octanol–water partition coefficient (Wildman–Crippen LogP) is 5.17. The van der Waals surface area contributed by atoms with E-state index < -0.39 is 23.3 Å².